The van der Waals surface area contributed by atoms with E-state index in [0.717, 1.165) is 35.1 Å². The van der Waals surface area contributed by atoms with Crippen molar-refractivity contribution in [1.29, 1.82) is 0 Å². The summed E-state index contributed by atoms with van der Waals surface area (Å²) in [5.74, 6) is 0.672. The molecule has 9 nitrogen and oxygen atoms in total. The van der Waals surface area contributed by atoms with Crippen LogP contribution in [0.1, 0.15) is 28.9 Å². The predicted octanol–water partition coefficient (Wildman–Crippen LogP) is 5.23. The van der Waals surface area contributed by atoms with Crippen LogP contribution in [0.2, 0.25) is 0 Å². The molecule has 2 aromatic carbocycles. The quantitative estimate of drug-likeness (QED) is 0.253. The number of anilines is 1. The second-order valence-corrected chi connectivity index (χ2v) is 8.82. The van der Waals surface area contributed by atoms with Gasteiger partial charge in [-0.25, -0.2) is 0 Å². The molecule has 9 heteroatoms. The normalized spacial score (nSPS) is 15.6. The second kappa shape index (κ2) is 8.38. The maximum Gasteiger partial charge on any atom is 0.254 e. The Morgan fingerprint density at radius 2 is 2.00 bits per heavy atom. The van der Waals surface area contributed by atoms with Crippen LogP contribution in [-0.4, -0.2) is 40.2 Å². The molecule has 1 amide bonds. The summed E-state index contributed by atoms with van der Waals surface area (Å²) in [7, 11) is 0. The van der Waals surface area contributed by atoms with E-state index in [1.54, 1.807) is 6.20 Å². The number of para-hydroxylation sites is 1. The Balaban J connectivity index is 1.26. The minimum absolute atomic E-state index is 0.0405. The third-order valence-corrected chi connectivity index (χ3v) is 6.98. The highest BCUT2D eigenvalue weighted by Gasteiger charge is 2.42. The molecule has 1 N–H and O–H groups in total. The topological polar surface area (TPSA) is 108 Å². The first-order chi connectivity index (χ1) is 17.2. The Hall–Kier alpha value is -4.49. The lowest BCUT2D eigenvalue weighted by molar-refractivity contribution is 0.0678. The van der Waals surface area contributed by atoms with Crippen molar-refractivity contribution < 1.29 is 9.53 Å². The summed E-state index contributed by atoms with van der Waals surface area (Å²) < 4.78 is 7.77. The maximum atomic E-state index is 13.5. The predicted molar refractivity (Wildman–Crippen MR) is 133 cm³/mol. The third-order valence-electron chi connectivity index (χ3n) is 6.98. The van der Waals surface area contributed by atoms with Crippen LogP contribution in [0.4, 0.5) is 5.69 Å². The average molecular weight is 466 g/mol. The van der Waals surface area contributed by atoms with E-state index in [4.69, 9.17) is 10.3 Å². The zero-order valence-corrected chi connectivity index (χ0v) is 19.0. The highest BCUT2D eigenvalue weighted by Crippen LogP contribution is 2.44. The lowest BCUT2D eigenvalue weighted by atomic mass is 9.82. The highest BCUT2D eigenvalue weighted by molar-refractivity contribution is 6.06. The monoisotopic (exact) mass is 465 g/mol. The molecule has 1 fully saturated rings. The standard InChI is InChI=1S/C26H23N7O2/c27-31-29-17-35-18-7-8-23-22(16-18)30-26(24-6-3-13-33(23)24)10-14-32(15-11-26)25(34)20-9-12-28-21-5-2-1-4-19(20)21/h1-9,12-13,16,30H,10-11,14-15,17H2. The molecule has 0 bridgehead atoms. The number of hydrogen-bond donors (Lipinski definition) is 1. The zero-order valence-electron chi connectivity index (χ0n) is 19.0. The van der Waals surface area contributed by atoms with Gasteiger partial charge in [-0.2, -0.15) is 0 Å². The molecule has 4 aromatic rings. The molecule has 2 aliphatic heterocycles. The number of carbonyl (C=O) groups excluding carboxylic acids is 1. The number of azide groups is 1. The fourth-order valence-corrected chi connectivity index (χ4v) is 5.27. The summed E-state index contributed by atoms with van der Waals surface area (Å²) in [6.45, 7) is 1.21. The first-order valence-electron chi connectivity index (χ1n) is 11.6. The highest BCUT2D eigenvalue weighted by atomic mass is 16.5. The first kappa shape index (κ1) is 21.1. The van der Waals surface area contributed by atoms with Gasteiger partial charge in [0.2, 0.25) is 0 Å². The molecule has 1 saturated heterocycles. The average Bonchev–Trinajstić information content (AvgIpc) is 3.40. The smallest absolute Gasteiger partial charge is 0.254 e. The molecule has 2 aliphatic rings. The summed E-state index contributed by atoms with van der Waals surface area (Å²) in [6, 6.07) is 19.6. The zero-order chi connectivity index (χ0) is 23.8. The molecule has 174 valence electrons. The summed E-state index contributed by atoms with van der Waals surface area (Å²) >= 11 is 0. The number of ether oxygens (including phenoxy) is 1. The van der Waals surface area contributed by atoms with Crippen LogP contribution in [0, 0.1) is 0 Å². The second-order valence-electron chi connectivity index (χ2n) is 8.82. The molecule has 0 atom stereocenters. The van der Waals surface area contributed by atoms with Crippen molar-refractivity contribution >= 4 is 22.5 Å². The number of rotatable bonds is 4. The van der Waals surface area contributed by atoms with E-state index < -0.39 is 0 Å². The minimum Gasteiger partial charge on any atom is -0.487 e. The number of fused-ring (bicyclic) bond motifs is 5. The van der Waals surface area contributed by atoms with Gasteiger partial charge in [-0.15, -0.1) is 0 Å². The molecule has 6 rings (SSSR count). The van der Waals surface area contributed by atoms with Crippen molar-refractivity contribution in [1.82, 2.24) is 14.5 Å². The molecule has 0 radical (unpaired) electrons. The summed E-state index contributed by atoms with van der Waals surface area (Å²) in [5.41, 5.74) is 12.9. The van der Waals surface area contributed by atoms with Crippen molar-refractivity contribution in [3.8, 4) is 11.4 Å². The van der Waals surface area contributed by atoms with Crippen LogP contribution < -0.4 is 10.1 Å². The Morgan fingerprint density at radius 3 is 2.86 bits per heavy atom. The minimum atomic E-state index is -0.295. The molecule has 0 unspecified atom stereocenters. The molecular weight excluding hydrogens is 442 g/mol. The van der Waals surface area contributed by atoms with Gasteiger partial charge < -0.3 is 19.5 Å². The number of aromatic nitrogens is 2. The Morgan fingerprint density at radius 1 is 1.14 bits per heavy atom. The van der Waals surface area contributed by atoms with Crippen LogP contribution in [0.3, 0.4) is 0 Å². The number of hydrogen-bond acceptors (Lipinski definition) is 5. The van der Waals surface area contributed by atoms with E-state index in [1.807, 2.05) is 53.4 Å². The van der Waals surface area contributed by atoms with E-state index in [1.165, 1.54) is 5.69 Å². The van der Waals surface area contributed by atoms with Crippen molar-refractivity contribution in [2.45, 2.75) is 18.4 Å². The fraction of sp³-hybridized carbons (Fsp3) is 0.231. The number of carbonyl (C=O) groups is 1. The Kier molecular flexibility index (Phi) is 5.04. The lowest BCUT2D eigenvalue weighted by Gasteiger charge is -2.46. The number of amides is 1. The molecule has 0 aliphatic carbocycles. The van der Waals surface area contributed by atoms with Crippen molar-refractivity contribution in [3.05, 3.63) is 94.8 Å². The van der Waals surface area contributed by atoms with Gasteiger partial charge in [0, 0.05) is 47.5 Å². The number of piperidine rings is 1. The summed E-state index contributed by atoms with van der Waals surface area (Å²) in [5, 5.41) is 8.09. The van der Waals surface area contributed by atoms with Crippen molar-refractivity contribution in [3.63, 3.8) is 0 Å². The van der Waals surface area contributed by atoms with E-state index in [0.29, 0.717) is 24.4 Å². The van der Waals surface area contributed by atoms with Gasteiger partial charge in [0.15, 0.2) is 6.73 Å². The van der Waals surface area contributed by atoms with Gasteiger partial charge >= 0.3 is 0 Å². The maximum absolute atomic E-state index is 13.5. The lowest BCUT2D eigenvalue weighted by Crippen LogP contribution is -2.51. The van der Waals surface area contributed by atoms with Gasteiger partial charge in [-0.05, 0) is 54.8 Å². The molecule has 2 aromatic heterocycles. The fourth-order valence-electron chi connectivity index (χ4n) is 5.27. The van der Waals surface area contributed by atoms with E-state index in [-0.39, 0.29) is 18.2 Å². The Labute approximate surface area is 201 Å². The third kappa shape index (κ3) is 3.53. The van der Waals surface area contributed by atoms with Gasteiger partial charge in [-0.1, -0.05) is 23.3 Å². The molecule has 4 heterocycles. The van der Waals surface area contributed by atoms with Crippen molar-refractivity contribution in [2.75, 3.05) is 25.1 Å². The van der Waals surface area contributed by atoms with E-state index >= 15 is 0 Å². The van der Waals surface area contributed by atoms with Crippen LogP contribution in [0.25, 0.3) is 27.0 Å². The van der Waals surface area contributed by atoms with Crippen LogP contribution >= 0.6 is 0 Å². The molecule has 35 heavy (non-hydrogen) atoms. The first-order valence-corrected chi connectivity index (χ1v) is 11.6. The van der Waals surface area contributed by atoms with Gasteiger partial charge in [0.05, 0.1) is 28.0 Å². The number of pyridine rings is 1. The SMILES string of the molecule is [N-]=[N+]=NCOc1ccc2c(c1)NC1(CCN(C(=O)c3ccnc4ccccc34)CC1)c1cccn1-2. The number of nitrogens with zero attached hydrogens (tertiary/aromatic N) is 6. The number of likely N-dealkylation sites (tertiary alicyclic amines) is 1. The van der Waals surface area contributed by atoms with Gasteiger partial charge in [0.1, 0.15) is 5.75 Å². The van der Waals surface area contributed by atoms with Gasteiger partial charge in [-0.3, -0.25) is 9.78 Å². The molecular formula is C26H23N7O2. The number of nitrogens with one attached hydrogen (secondary N) is 1. The van der Waals surface area contributed by atoms with Gasteiger partial charge in [0.25, 0.3) is 5.91 Å². The number of benzene rings is 2. The summed E-state index contributed by atoms with van der Waals surface area (Å²) in [6.07, 6.45) is 5.32. The van der Waals surface area contributed by atoms with E-state index in [9.17, 15) is 4.79 Å². The van der Waals surface area contributed by atoms with Crippen LogP contribution in [-0.2, 0) is 5.54 Å². The largest absolute Gasteiger partial charge is 0.487 e. The molecule has 1 spiro atoms. The van der Waals surface area contributed by atoms with Crippen molar-refractivity contribution in [2.24, 2.45) is 5.11 Å². The summed E-state index contributed by atoms with van der Waals surface area (Å²) in [4.78, 5) is 22.5. The van der Waals surface area contributed by atoms with Crippen LogP contribution in [0.15, 0.2) is 78.2 Å². The van der Waals surface area contributed by atoms with Crippen LogP contribution in [0.5, 0.6) is 5.75 Å². The molecule has 0 saturated carbocycles. The van der Waals surface area contributed by atoms with E-state index in [2.05, 4.69) is 43.2 Å². The Bertz CT molecular complexity index is 1470.